The summed E-state index contributed by atoms with van der Waals surface area (Å²) in [6.07, 6.45) is 3.39. The van der Waals surface area contributed by atoms with Crippen LogP contribution in [0.2, 0.25) is 0 Å². The Bertz CT molecular complexity index is 373. The van der Waals surface area contributed by atoms with Gasteiger partial charge in [-0.3, -0.25) is 20.9 Å². The molecule has 0 saturated carbocycles. The monoisotopic (exact) mass is 268 g/mol. The van der Waals surface area contributed by atoms with E-state index in [1.54, 1.807) is 6.33 Å². The van der Waals surface area contributed by atoms with Crippen molar-refractivity contribution in [3.63, 3.8) is 0 Å². The van der Waals surface area contributed by atoms with Crippen LogP contribution in [0.4, 0.5) is 0 Å². The van der Waals surface area contributed by atoms with Crippen LogP contribution in [0.3, 0.4) is 0 Å². The van der Waals surface area contributed by atoms with E-state index >= 15 is 0 Å². The number of hydrazine groups is 1. The number of aryl methyl sites for hydroxylation is 1. The van der Waals surface area contributed by atoms with E-state index in [9.17, 15) is 0 Å². The fraction of sp³-hybridized carbons (Fsp3) is 0.846. The Kier molecular flexibility index (Phi) is 5.90. The smallest absolute Gasteiger partial charge is 0.138 e. The number of hydrogen-bond acceptors (Lipinski definition) is 5. The van der Waals surface area contributed by atoms with Crippen LogP contribution in [0.15, 0.2) is 6.33 Å². The van der Waals surface area contributed by atoms with Crippen molar-refractivity contribution in [2.45, 2.75) is 52.1 Å². The summed E-state index contributed by atoms with van der Waals surface area (Å²) in [5.74, 6) is 6.77. The summed E-state index contributed by atoms with van der Waals surface area (Å²) in [4.78, 5) is 6.75. The minimum atomic E-state index is 0.00417. The van der Waals surface area contributed by atoms with Gasteiger partial charge in [-0.15, -0.1) is 0 Å². The van der Waals surface area contributed by atoms with Crippen LogP contribution in [0, 0.1) is 0 Å². The Hall–Kier alpha value is -0.980. The minimum Gasteiger partial charge on any atom is -0.297 e. The molecule has 2 unspecified atom stereocenters. The largest absolute Gasteiger partial charge is 0.297 e. The summed E-state index contributed by atoms with van der Waals surface area (Å²) < 4.78 is 1.81. The first-order chi connectivity index (χ1) is 9.03. The molecule has 0 aromatic carbocycles. The molecule has 0 spiro atoms. The van der Waals surface area contributed by atoms with Gasteiger partial charge < -0.3 is 0 Å². The highest BCUT2D eigenvalue weighted by Crippen LogP contribution is 2.25. The molecule has 0 aliphatic heterocycles. The van der Waals surface area contributed by atoms with Gasteiger partial charge in [-0.25, -0.2) is 4.98 Å². The first kappa shape index (κ1) is 16.1. The third kappa shape index (κ3) is 3.32. The Balaban J connectivity index is 2.95. The zero-order valence-corrected chi connectivity index (χ0v) is 12.8. The first-order valence-electron chi connectivity index (χ1n) is 7.07. The fourth-order valence-corrected chi connectivity index (χ4v) is 2.78. The average molecular weight is 268 g/mol. The van der Waals surface area contributed by atoms with Crippen molar-refractivity contribution in [2.24, 2.45) is 12.9 Å². The van der Waals surface area contributed by atoms with Crippen molar-refractivity contribution in [2.75, 3.05) is 13.1 Å². The molecular formula is C13H28N6. The van der Waals surface area contributed by atoms with Crippen LogP contribution >= 0.6 is 0 Å². The highest BCUT2D eigenvalue weighted by Gasteiger charge is 2.37. The molecule has 0 radical (unpaired) electrons. The molecule has 1 heterocycles. The lowest BCUT2D eigenvalue weighted by atomic mass is 9.85. The van der Waals surface area contributed by atoms with Crippen LogP contribution in [0.5, 0.6) is 0 Å². The Morgan fingerprint density at radius 3 is 2.42 bits per heavy atom. The van der Waals surface area contributed by atoms with Gasteiger partial charge in [-0.1, -0.05) is 20.8 Å². The van der Waals surface area contributed by atoms with Crippen molar-refractivity contribution in [3.8, 4) is 0 Å². The van der Waals surface area contributed by atoms with E-state index in [2.05, 4.69) is 48.1 Å². The maximum absolute atomic E-state index is 5.81. The molecule has 1 aromatic rings. The molecule has 0 aliphatic rings. The standard InChI is InChI=1S/C13H28N6/c1-6-13(4,19(7-2)8-3)11(17-14)9-12-15-10-16-18(12)5/h10-11,17H,6-9,14H2,1-5H3. The molecule has 0 fully saturated rings. The second kappa shape index (κ2) is 6.98. The molecule has 3 N–H and O–H groups in total. The lowest BCUT2D eigenvalue weighted by Crippen LogP contribution is -2.61. The third-order valence-corrected chi connectivity index (χ3v) is 4.35. The first-order valence-corrected chi connectivity index (χ1v) is 7.07. The van der Waals surface area contributed by atoms with E-state index in [0.717, 1.165) is 31.8 Å². The summed E-state index contributed by atoms with van der Waals surface area (Å²) in [6, 6.07) is 0.139. The SMILES string of the molecule is CCN(CC)C(C)(CC)C(Cc1ncnn1C)NN. The second-order valence-corrected chi connectivity index (χ2v) is 5.11. The van der Waals surface area contributed by atoms with Gasteiger partial charge in [0.25, 0.3) is 0 Å². The van der Waals surface area contributed by atoms with Gasteiger partial charge in [0.2, 0.25) is 0 Å². The van der Waals surface area contributed by atoms with E-state index in [1.165, 1.54) is 0 Å². The van der Waals surface area contributed by atoms with Crippen LogP contribution < -0.4 is 11.3 Å². The van der Waals surface area contributed by atoms with Crippen molar-refractivity contribution in [3.05, 3.63) is 12.2 Å². The average Bonchev–Trinajstić information content (AvgIpc) is 2.82. The van der Waals surface area contributed by atoms with Crippen LogP contribution in [-0.4, -0.2) is 44.3 Å². The molecule has 0 bridgehead atoms. The number of aromatic nitrogens is 3. The number of nitrogens with two attached hydrogens (primary N) is 1. The molecule has 1 aromatic heterocycles. The number of nitrogens with one attached hydrogen (secondary N) is 1. The predicted octanol–water partition coefficient (Wildman–Crippen LogP) is 0.700. The molecule has 6 heteroatoms. The van der Waals surface area contributed by atoms with Gasteiger partial charge in [0.1, 0.15) is 12.2 Å². The minimum absolute atomic E-state index is 0.00417. The number of hydrogen-bond donors (Lipinski definition) is 2. The summed E-state index contributed by atoms with van der Waals surface area (Å²) >= 11 is 0. The summed E-state index contributed by atoms with van der Waals surface area (Å²) in [5.41, 5.74) is 2.99. The quantitative estimate of drug-likeness (QED) is 0.536. The topological polar surface area (TPSA) is 72.0 Å². The molecule has 0 aliphatic carbocycles. The van der Waals surface area contributed by atoms with Crippen molar-refractivity contribution in [1.29, 1.82) is 0 Å². The summed E-state index contributed by atoms with van der Waals surface area (Å²) in [6.45, 7) is 10.9. The van der Waals surface area contributed by atoms with Gasteiger partial charge in [-0.2, -0.15) is 5.10 Å². The van der Waals surface area contributed by atoms with E-state index < -0.39 is 0 Å². The van der Waals surface area contributed by atoms with Gasteiger partial charge in [0.05, 0.1) is 0 Å². The number of likely N-dealkylation sites (N-methyl/N-ethyl adjacent to an activating group) is 1. The highest BCUT2D eigenvalue weighted by atomic mass is 15.3. The molecule has 0 amide bonds. The number of nitrogens with zero attached hydrogens (tertiary/aromatic N) is 4. The van der Waals surface area contributed by atoms with Crippen LogP contribution in [0.1, 0.15) is 39.9 Å². The highest BCUT2D eigenvalue weighted by molar-refractivity contribution is 5.01. The van der Waals surface area contributed by atoms with E-state index in [0.29, 0.717) is 0 Å². The maximum Gasteiger partial charge on any atom is 0.138 e. The maximum atomic E-state index is 5.81. The lowest BCUT2D eigenvalue weighted by molar-refractivity contribution is 0.0690. The molecule has 0 saturated heterocycles. The predicted molar refractivity (Wildman–Crippen MR) is 77.4 cm³/mol. The third-order valence-electron chi connectivity index (χ3n) is 4.35. The Labute approximate surface area is 116 Å². The molecule has 19 heavy (non-hydrogen) atoms. The molecule has 1 rings (SSSR count). The normalized spacial score (nSPS) is 16.6. The van der Waals surface area contributed by atoms with Gasteiger partial charge in [0.15, 0.2) is 0 Å². The van der Waals surface area contributed by atoms with Gasteiger partial charge >= 0.3 is 0 Å². The molecule has 110 valence electrons. The van der Waals surface area contributed by atoms with Gasteiger partial charge in [-0.05, 0) is 26.4 Å². The summed E-state index contributed by atoms with van der Waals surface area (Å²) in [7, 11) is 1.91. The van der Waals surface area contributed by atoms with Crippen molar-refractivity contribution < 1.29 is 0 Å². The van der Waals surface area contributed by atoms with E-state index in [1.807, 2.05) is 11.7 Å². The van der Waals surface area contributed by atoms with Crippen LogP contribution in [-0.2, 0) is 13.5 Å². The molecular weight excluding hydrogens is 240 g/mol. The van der Waals surface area contributed by atoms with Crippen molar-refractivity contribution >= 4 is 0 Å². The van der Waals surface area contributed by atoms with E-state index in [4.69, 9.17) is 5.84 Å². The van der Waals surface area contributed by atoms with Gasteiger partial charge in [0, 0.05) is 25.0 Å². The Morgan fingerprint density at radius 1 is 1.42 bits per heavy atom. The van der Waals surface area contributed by atoms with E-state index in [-0.39, 0.29) is 11.6 Å². The van der Waals surface area contributed by atoms with Crippen molar-refractivity contribution in [1.82, 2.24) is 25.1 Å². The molecule has 6 nitrogen and oxygen atoms in total. The summed E-state index contributed by atoms with van der Waals surface area (Å²) in [5, 5.41) is 4.12. The van der Waals surface area contributed by atoms with Crippen LogP contribution in [0.25, 0.3) is 0 Å². The Morgan fingerprint density at radius 2 is 2.05 bits per heavy atom. The molecule has 2 atom stereocenters. The zero-order valence-electron chi connectivity index (χ0n) is 12.8. The lowest BCUT2D eigenvalue weighted by Gasteiger charge is -2.45. The second-order valence-electron chi connectivity index (χ2n) is 5.11. The number of rotatable bonds is 8. The zero-order chi connectivity index (χ0) is 14.5. The fourth-order valence-electron chi connectivity index (χ4n) is 2.78.